The summed E-state index contributed by atoms with van der Waals surface area (Å²) in [5.74, 6) is 0.254. The van der Waals surface area contributed by atoms with Crippen molar-refractivity contribution in [1.29, 1.82) is 0 Å². The van der Waals surface area contributed by atoms with E-state index in [0.717, 1.165) is 12.1 Å². The average Bonchev–Trinajstić information content (AvgIpc) is 2.94. The van der Waals surface area contributed by atoms with E-state index in [1.807, 2.05) is 24.3 Å². The number of rotatable bonds is 9. The van der Waals surface area contributed by atoms with E-state index in [4.69, 9.17) is 19.2 Å². The molecule has 2 aromatic carbocycles. The van der Waals surface area contributed by atoms with Crippen molar-refractivity contribution in [1.82, 2.24) is 5.32 Å². The van der Waals surface area contributed by atoms with Gasteiger partial charge in [0.2, 0.25) is 0 Å². The Morgan fingerprint density at radius 1 is 1.26 bits per heavy atom. The first-order chi connectivity index (χ1) is 13.1. The second kappa shape index (κ2) is 9.01. The number of hydrogen-bond acceptors (Lipinski definition) is 6. The fraction of sp³-hybridized carbons (Fsp3) is 0.316. The predicted molar refractivity (Wildman–Crippen MR) is 100 cm³/mol. The summed E-state index contributed by atoms with van der Waals surface area (Å²) in [7, 11) is 0.516. The van der Waals surface area contributed by atoms with Crippen LogP contribution in [0, 0.1) is 0 Å². The summed E-state index contributed by atoms with van der Waals surface area (Å²) in [5, 5.41) is 22.3. The van der Waals surface area contributed by atoms with Crippen molar-refractivity contribution in [2.75, 3.05) is 20.3 Å². The number of carboxylic acid groups (broad SMARTS) is 1. The molecule has 1 atom stereocenters. The third-order valence-corrected chi connectivity index (χ3v) is 4.27. The minimum atomic E-state index is -1.15. The van der Waals surface area contributed by atoms with Crippen LogP contribution in [-0.4, -0.2) is 43.5 Å². The van der Waals surface area contributed by atoms with Crippen LogP contribution in [0.4, 0.5) is 0 Å². The number of nitrogens with one attached hydrogen (secondary N) is 1. The molecule has 3 N–H and O–H groups in total. The first kappa shape index (κ1) is 19.4. The number of methoxy groups -OCH3 is 1. The molecule has 1 aliphatic heterocycles. The summed E-state index contributed by atoms with van der Waals surface area (Å²) in [6.07, 6.45) is -0.842. The summed E-state index contributed by atoms with van der Waals surface area (Å²) >= 11 is 0. The normalized spacial score (nSPS) is 15.6. The zero-order valence-electron chi connectivity index (χ0n) is 15.1. The molecule has 27 heavy (non-hydrogen) atoms. The lowest BCUT2D eigenvalue weighted by molar-refractivity contribution is -0.138. The van der Waals surface area contributed by atoms with Crippen molar-refractivity contribution < 1.29 is 29.1 Å². The molecular weight excluding hydrogens is 349 g/mol. The molecule has 2 aromatic rings. The van der Waals surface area contributed by atoms with Crippen molar-refractivity contribution in [2.24, 2.45) is 0 Å². The number of benzene rings is 2. The number of fused-ring (bicyclic) bond motifs is 1. The average molecular weight is 371 g/mol. The fourth-order valence-electron chi connectivity index (χ4n) is 3.00. The molecule has 0 amide bonds. The predicted octanol–water partition coefficient (Wildman–Crippen LogP) is 1.45. The Bertz CT molecular complexity index is 800. The van der Waals surface area contributed by atoms with Crippen molar-refractivity contribution >= 4 is 18.6 Å². The molecule has 0 saturated heterocycles. The van der Waals surface area contributed by atoms with Gasteiger partial charge in [-0.05, 0) is 40.9 Å². The molecule has 3 rings (SSSR count). The Morgan fingerprint density at radius 3 is 2.85 bits per heavy atom. The van der Waals surface area contributed by atoms with Gasteiger partial charge < -0.3 is 29.6 Å². The van der Waals surface area contributed by atoms with Gasteiger partial charge in [-0.15, -0.1) is 0 Å². The summed E-state index contributed by atoms with van der Waals surface area (Å²) in [6, 6.07) is 12.9. The third kappa shape index (κ3) is 5.08. The van der Waals surface area contributed by atoms with Crippen LogP contribution in [0.25, 0.3) is 0 Å². The smallest absolute Gasteiger partial charge is 0.481 e. The van der Waals surface area contributed by atoms with Gasteiger partial charge in [0.15, 0.2) is 0 Å². The van der Waals surface area contributed by atoms with Gasteiger partial charge in [-0.3, -0.25) is 4.79 Å². The van der Waals surface area contributed by atoms with Crippen LogP contribution in [0.3, 0.4) is 0 Å². The molecule has 0 spiro atoms. The van der Waals surface area contributed by atoms with Gasteiger partial charge in [0.05, 0.1) is 19.1 Å². The Morgan fingerprint density at radius 2 is 2.07 bits per heavy atom. The minimum absolute atomic E-state index is 0.192. The van der Waals surface area contributed by atoms with E-state index in [1.165, 1.54) is 0 Å². The number of carboxylic acids is 1. The van der Waals surface area contributed by atoms with E-state index in [1.54, 1.807) is 25.3 Å². The molecule has 1 unspecified atom stereocenters. The molecule has 0 radical (unpaired) electrons. The van der Waals surface area contributed by atoms with E-state index in [9.17, 15) is 9.82 Å². The minimum Gasteiger partial charge on any atom is -0.481 e. The molecule has 0 fully saturated rings. The molecule has 0 saturated carbocycles. The van der Waals surface area contributed by atoms with Crippen LogP contribution < -0.4 is 15.5 Å². The highest BCUT2D eigenvalue weighted by Gasteiger charge is 2.36. The van der Waals surface area contributed by atoms with E-state index in [2.05, 4.69) is 5.32 Å². The summed E-state index contributed by atoms with van der Waals surface area (Å²) in [6.45, 7) is 2.12. The van der Waals surface area contributed by atoms with E-state index >= 15 is 0 Å². The Kier molecular flexibility index (Phi) is 6.47. The maximum atomic E-state index is 10.9. The SMILES string of the molecule is COCCNCc1cccc(Oc2ccc3c(c2)B(O)OC3CC(=O)O)c1. The van der Waals surface area contributed by atoms with Crippen LogP contribution in [0.2, 0.25) is 0 Å². The van der Waals surface area contributed by atoms with Gasteiger partial charge >= 0.3 is 13.1 Å². The lowest BCUT2D eigenvalue weighted by Crippen LogP contribution is -2.28. The standard InChI is InChI=1S/C19H22BNO6/c1-25-8-7-21-12-13-3-2-4-14(9-13)26-15-5-6-16-17(10-15)20(24)27-18(16)11-19(22)23/h2-6,9-10,18,21,24H,7-8,11-12H2,1H3,(H,22,23). The highest BCUT2D eigenvalue weighted by molar-refractivity contribution is 6.61. The monoisotopic (exact) mass is 371 g/mol. The number of hydrogen-bond donors (Lipinski definition) is 3. The van der Waals surface area contributed by atoms with Crippen LogP contribution in [0.15, 0.2) is 42.5 Å². The zero-order chi connectivity index (χ0) is 19.2. The molecular formula is C19H22BNO6. The van der Waals surface area contributed by atoms with Gasteiger partial charge in [-0.2, -0.15) is 0 Å². The van der Waals surface area contributed by atoms with Gasteiger partial charge in [0.1, 0.15) is 11.5 Å². The van der Waals surface area contributed by atoms with Gasteiger partial charge in [0.25, 0.3) is 0 Å². The summed E-state index contributed by atoms with van der Waals surface area (Å²) in [4.78, 5) is 10.9. The van der Waals surface area contributed by atoms with E-state index in [0.29, 0.717) is 35.7 Å². The second-order valence-electron chi connectivity index (χ2n) is 6.28. The molecule has 0 bridgehead atoms. The summed E-state index contributed by atoms with van der Waals surface area (Å²) in [5.41, 5.74) is 2.29. The van der Waals surface area contributed by atoms with Crippen molar-refractivity contribution in [3.05, 3.63) is 53.6 Å². The molecule has 7 nitrogen and oxygen atoms in total. The van der Waals surface area contributed by atoms with Gasteiger partial charge in [-0.25, -0.2) is 0 Å². The molecule has 1 aliphatic rings. The molecule has 1 heterocycles. The van der Waals surface area contributed by atoms with Crippen LogP contribution in [-0.2, 0) is 20.7 Å². The third-order valence-electron chi connectivity index (χ3n) is 4.27. The van der Waals surface area contributed by atoms with Crippen LogP contribution in [0.5, 0.6) is 11.5 Å². The lowest BCUT2D eigenvalue weighted by Gasteiger charge is -2.11. The largest absolute Gasteiger partial charge is 0.492 e. The zero-order valence-corrected chi connectivity index (χ0v) is 15.1. The quantitative estimate of drug-likeness (QED) is 0.453. The molecule has 142 valence electrons. The first-order valence-electron chi connectivity index (χ1n) is 8.72. The van der Waals surface area contributed by atoms with Crippen molar-refractivity contribution in [3.63, 3.8) is 0 Å². The summed E-state index contributed by atoms with van der Waals surface area (Å²) < 4.78 is 16.2. The van der Waals surface area contributed by atoms with Crippen molar-refractivity contribution in [2.45, 2.75) is 19.1 Å². The topological polar surface area (TPSA) is 97.3 Å². The van der Waals surface area contributed by atoms with Crippen LogP contribution >= 0.6 is 0 Å². The van der Waals surface area contributed by atoms with E-state index in [-0.39, 0.29) is 6.42 Å². The Hall–Kier alpha value is -2.39. The molecule has 0 aromatic heterocycles. The highest BCUT2D eigenvalue weighted by Crippen LogP contribution is 2.30. The Balaban J connectivity index is 1.68. The first-order valence-corrected chi connectivity index (χ1v) is 8.72. The number of ether oxygens (including phenoxy) is 2. The second-order valence-corrected chi connectivity index (χ2v) is 6.28. The maximum Gasteiger partial charge on any atom is 0.492 e. The Labute approximate surface area is 158 Å². The number of aliphatic carboxylic acids is 1. The van der Waals surface area contributed by atoms with Crippen LogP contribution in [0.1, 0.15) is 23.7 Å². The fourth-order valence-corrected chi connectivity index (χ4v) is 3.00. The van der Waals surface area contributed by atoms with Gasteiger partial charge in [0, 0.05) is 20.2 Å². The maximum absolute atomic E-state index is 10.9. The van der Waals surface area contributed by atoms with Crippen molar-refractivity contribution in [3.8, 4) is 11.5 Å². The highest BCUT2D eigenvalue weighted by atomic mass is 16.5. The van der Waals surface area contributed by atoms with Gasteiger partial charge in [-0.1, -0.05) is 18.2 Å². The molecule has 8 heteroatoms. The number of carbonyl (C=O) groups is 1. The lowest BCUT2D eigenvalue weighted by atomic mass is 9.79. The molecule has 0 aliphatic carbocycles. The van der Waals surface area contributed by atoms with E-state index < -0.39 is 19.2 Å².